The molecule has 1 aliphatic carbocycles. The Hall–Kier alpha value is -2.43. The first kappa shape index (κ1) is 14.2. The van der Waals surface area contributed by atoms with Crippen molar-refractivity contribution in [3.05, 3.63) is 42.7 Å². The first-order chi connectivity index (χ1) is 11.3. The summed E-state index contributed by atoms with van der Waals surface area (Å²) in [7, 11) is 0. The van der Waals surface area contributed by atoms with Crippen molar-refractivity contribution in [2.45, 2.75) is 38.6 Å². The van der Waals surface area contributed by atoms with E-state index in [1.54, 1.807) is 6.20 Å². The number of fused-ring (bicyclic) bond motifs is 1. The predicted octanol–water partition coefficient (Wildman–Crippen LogP) is 3.81. The Kier molecular flexibility index (Phi) is 3.69. The van der Waals surface area contributed by atoms with Gasteiger partial charge in [-0.2, -0.15) is 5.10 Å². The fourth-order valence-electron chi connectivity index (χ4n) is 3.26. The van der Waals surface area contributed by atoms with Crippen LogP contribution in [0.15, 0.2) is 42.7 Å². The maximum Gasteiger partial charge on any atom is 0.181 e. The lowest BCUT2D eigenvalue weighted by molar-refractivity contribution is 0.361. The van der Waals surface area contributed by atoms with Crippen molar-refractivity contribution in [1.82, 2.24) is 19.7 Å². The first-order valence-corrected chi connectivity index (χ1v) is 8.32. The number of para-hydroxylation sites is 1. The smallest absolute Gasteiger partial charge is 0.181 e. The van der Waals surface area contributed by atoms with E-state index in [9.17, 15) is 0 Å². The van der Waals surface area contributed by atoms with Gasteiger partial charge >= 0.3 is 0 Å². The summed E-state index contributed by atoms with van der Waals surface area (Å²) in [5, 5.41) is 7.96. The molecule has 0 amide bonds. The fourth-order valence-corrected chi connectivity index (χ4v) is 3.26. The molecule has 118 valence electrons. The van der Waals surface area contributed by atoms with Crippen LogP contribution in [0.3, 0.4) is 0 Å². The highest BCUT2D eigenvalue weighted by Crippen LogP contribution is 2.26. The van der Waals surface area contributed by atoms with Gasteiger partial charge in [0.2, 0.25) is 0 Å². The zero-order chi connectivity index (χ0) is 15.6. The van der Waals surface area contributed by atoms with E-state index in [-0.39, 0.29) is 0 Å². The molecule has 0 atom stereocenters. The van der Waals surface area contributed by atoms with Crippen LogP contribution in [0.4, 0.5) is 5.82 Å². The van der Waals surface area contributed by atoms with Gasteiger partial charge in [0.15, 0.2) is 5.65 Å². The van der Waals surface area contributed by atoms with Crippen LogP contribution >= 0.6 is 0 Å². The summed E-state index contributed by atoms with van der Waals surface area (Å²) >= 11 is 0. The second-order valence-corrected chi connectivity index (χ2v) is 6.46. The lowest BCUT2D eigenvalue weighted by Crippen LogP contribution is -2.25. The predicted molar refractivity (Wildman–Crippen MR) is 91.7 cm³/mol. The highest BCUT2D eigenvalue weighted by molar-refractivity contribution is 5.73. The zero-order valence-corrected chi connectivity index (χ0v) is 13.3. The van der Waals surface area contributed by atoms with E-state index in [0.717, 1.165) is 28.6 Å². The number of nitrogens with one attached hydrogen (secondary N) is 1. The average Bonchev–Trinajstić information content (AvgIpc) is 3.01. The van der Waals surface area contributed by atoms with Crippen molar-refractivity contribution in [3.63, 3.8) is 0 Å². The summed E-state index contributed by atoms with van der Waals surface area (Å²) in [5.74, 6) is 1.70. The van der Waals surface area contributed by atoms with Gasteiger partial charge in [-0.3, -0.25) is 0 Å². The van der Waals surface area contributed by atoms with E-state index in [1.807, 2.05) is 41.2 Å². The van der Waals surface area contributed by atoms with Crippen molar-refractivity contribution in [3.8, 4) is 5.69 Å². The molecule has 0 bridgehead atoms. The molecule has 0 aliphatic heterocycles. The normalized spacial score (nSPS) is 21.4. The number of benzene rings is 1. The van der Waals surface area contributed by atoms with Gasteiger partial charge in [-0.1, -0.05) is 25.1 Å². The second kappa shape index (κ2) is 5.99. The number of hydrogen-bond acceptors (Lipinski definition) is 4. The molecule has 5 nitrogen and oxygen atoms in total. The Bertz CT molecular complexity index is 788. The van der Waals surface area contributed by atoms with Crippen molar-refractivity contribution in [2.24, 2.45) is 5.92 Å². The monoisotopic (exact) mass is 307 g/mol. The zero-order valence-electron chi connectivity index (χ0n) is 13.3. The Balaban J connectivity index is 1.57. The third-order valence-corrected chi connectivity index (χ3v) is 4.64. The summed E-state index contributed by atoms with van der Waals surface area (Å²) in [4.78, 5) is 9.25. The highest BCUT2D eigenvalue weighted by Gasteiger charge is 2.18. The van der Waals surface area contributed by atoms with Crippen molar-refractivity contribution in [1.29, 1.82) is 0 Å². The molecular weight excluding hydrogens is 286 g/mol. The van der Waals surface area contributed by atoms with Crippen LogP contribution in [0.1, 0.15) is 32.6 Å². The number of aromatic nitrogens is 4. The van der Waals surface area contributed by atoms with Crippen LogP contribution in [0.25, 0.3) is 16.9 Å². The summed E-state index contributed by atoms with van der Waals surface area (Å²) in [6, 6.07) is 10.5. The van der Waals surface area contributed by atoms with Crippen molar-refractivity contribution < 1.29 is 0 Å². The highest BCUT2D eigenvalue weighted by atomic mass is 15.3. The molecule has 3 aromatic rings. The maximum absolute atomic E-state index is 4.68. The maximum atomic E-state index is 4.68. The van der Waals surface area contributed by atoms with Crippen LogP contribution in [0.2, 0.25) is 0 Å². The quantitative estimate of drug-likeness (QED) is 0.799. The first-order valence-electron chi connectivity index (χ1n) is 8.32. The third kappa shape index (κ3) is 2.91. The van der Waals surface area contributed by atoms with E-state index in [4.69, 9.17) is 0 Å². The van der Waals surface area contributed by atoms with Gasteiger partial charge < -0.3 is 5.32 Å². The molecule has 1 fully saturated rings. The van der Waals surface area contributed by atoms with Crippen molar-refractivity contribution >= 4 is 17.0 Å². The number of anilines is 1. The minimum atomic E-state index is 0.516. The summed E-state index contributed by atoms with van der Waals surface area (Å²) < 4.78 is 1.83. The third-order valence-electron chi connectivity index (χ3n) is 4.64. The molecule has 1 saturated carbocycles. The molecule has 23 heavy (non-hydrogen) atoms. The second-order valence-electron chi connectivity index (χ2n) is 6.46. The van der Waals surface area contributed by atoms with E-state index < -0.39 is 0 Å². The van der Waals surface area contributed by atoms with Gasteiger partial charge in [0.05, 0.1) is 18.1 Å². The Labute approximate surface area is 135 Å². The number of hydrogen-bond donors (Lipinski definition) is 1. The fraction of sp³-hybridized carbons (Fsp3) is 0.389. The van der Waals surface area contributed by atoms with Crippen molar-refractivity contribution in [2.75, 3.05) is 5.32 Å². The summed E-state index contributed by atoms with van der Waals surface area (Å²) in [5.41, 5.74) is 2.61. The Morgan fingerprint density at radius 1 is 1.04 bits per heavy atom. The van der Waals surface area contributed by atoms with Gasteiger partial charge in [0.25, 0.3) is 0 Å². The number of rotatable bonds is 3. The standard InChI is InChI=1S/C18H21N5/c1-13-7-9-14(10-8-13)21-17-12-19-18-16(22-17)11-20-23(18)15-5-3-2-4-6-15/h2-6,11-14H,7-10H2,1H3,(H,21,22). The van der Waals surface area contributed by atoms with E-state index in [0.29, 0.717) is 6.04 Å². The van der Waals surface area contributed by atoms with E-state index in [1.165, 1.54) is 25.7 Å². The molecule has 0 radical (unpaired) electrons. The van der Waals surface area contributed by atoms with Gasteiger partial charge in [-0.05, 0) is 43.7 Å². The van der Waals surface area contributed by atoms with Gasteiger partial charge in [-0.25, -0.2) is 14.6 Å². The van der Waals surface area contributed by atoms with Gasteiger partial charge in [0, 0.05) is 6.04 Å². The largest absolute Gasteiger partial charge is 0.366 e. The van der Waals surface area contributed by atoms with Crippen LogP contribution in [0.5, 0.6) is 0 Å². The Morgan fingerprint density at radius 2 is 1.83 bits per heavy atom. The van der Waals surface area contributed by atoms with Gasteiger partial charge in [-0.15, -0.1) is 0 Å². The average molecular weight is 307 g/mol. The van der Waals surface area contributed by atoms with Crippen LogP contribution in [-0.2, 0) is 0 Å². The molecule has 4 rings (SSSR count). The number of nitrogens with zero attached hydrogens (tertiary/aromatic N) is 4. The SMILES string of the molecule is CC1CCC(Nc2cnc3c(cnn3-c3ccccc3)n2)CC1. The lowest BCUT2D eigenvalue weighted by Gasteiger charge is -2.27. The molecule has 1 aliphatic rings. The van der Waals surface area contributed by atoms with Crippen LogP contribution in [0, 0.1) is 5.92 Å². The molecule has 0 spiro atoms. The van der Waals surface area contributed by atoms with E-state index >= 15 is 0 Å². The molecular formula is C18H21N5. The molecule has 1 N–H and O–H groups in total. The molecule has 5 heteroatoms. The lowest BCUT2D eigenvalue weighted by atomic mass is 9.87. The summed E-state index contributed by atoms with van der Waals surface area (Å²) in [6.07, 6.45) is 8.61. The molecule has 2 aromatic heterocycles. The van der Waals surface area contributed by atoms with E-state index in [2.05, 4.69) is 27.3 Å². The molecule has 0 saturated heterocycles. The molecule has 2 heterocycles. The van der Waals surface area contributed by atoms with Gasteiger partial charge in [0.1, 0.15) is 11.3 Å². The minimum Gasteiger partial charge on any atom is -0.366 e. The topological polar surface area (TPSA) is 55.6 Å². The van der Waals surface area contributed by atoms with Crippen LogP contribution in [-0.4, -0.2) is 25.8 Å². The molecule has 1 aromatic carbocycles. The minimum absolute atomic E-state index is 0.516. The van der Waals surface area contributed by atoms with Crippen LogP contribution < -0.4 is 5.32 Å². The summed E-state index contributed by atoms with van der Waals surface area (Å²) in [6.45, 7) is 2.33. The Morgan fingerprint density at radius 3 is 2.61 bits per heavy atom. The molecule has 0 unspecified atom stereocenters.